The third-order valence-corrected chi connectivity index (χ3v) is 4.16. The van der Waals surface area contributed by atoms with Crippen molar-refractivity contribution in [3.8, 4) is 5.88 Å². The Bertz CT molecular complexity index is 414. The molecular formula is C16H27N3O. The molecule has 0 atom stereocenters. The molecule has 1 fully saturated rings. The maximum absolute atomic E-state index is 5.82. The number of nitrogen functional groups attached to an aromatic ring is 1. The van der Waals surface area contributed by atoms with Crippen molar-refractivity contribution >= 4 is 11.5 Å². The van der Waals surface area contributed by atoms with Gasteiger partial charge in [-0.3, -0.25) is 0 Å². The summed E-state index contributed by atoms with van der Waals surface area (Å²) >= 11 is 0. The molecule has 0 saturated heterocycles. The molecular weight excluding hydrogens is 250 g/mol. The van der Waals surface area contributed by atoms with E-state index in [1.54, 1.807) is 0 Å². The molecule has 0 bridgehead atoms. The summed E-state index contributed by atoms with van der Waals surface area (Å²) in [5, 5.41) is 3.38. The maximum atomic E-state index is 5.82. The Morgan fingerprint density at radius 2 is 2.05 bits per heavy atom. The number of anilines is 2. The number of rotatable bonds is 6. The first kappa shape index (κ1) is 14.9. The van der Waals surface area contributed by atoms with Crippen molar-refractivity contribution in [2.45, 2.75) is 46.0 Å². The Morgan fingerprint density at radius 3 is 2.75 bits per heavy atom. The number of nitrogens with zero attached hydrogens (tertiary/aromatic N) is 1. The Balaban J connectivity index is 1.77. The molecule has 1 heterocycles. The standard InChI is InChI=1S/C16H27N3O/c1-3-20-16-14(17)8-9-15(19-16)18-11-10-13-6-4-12(2)5-7-13/h8-9,12-13H,3-7,10-11,17H2,1-2H3,(H,18,19). The molecule has 2 rings (SSSR count). The number of nitrogens with one attached hydrogen (secondary N) is 1. The minimum atomic E-state index is 0.531. The molecule has 1 saturated carbocycles. The highest BCUT2D eigenvalue weighted by Gasteiger charge is 2.17. The van der Waals surface area contributed by atoms with Crippen molar-refractivity contribution in [3.63, 3.8) is 0 Å². The Labute approximate surface area is 122 Å². The molecule has 0 spiro atoms. The molecule has 112 valence electrons. The summed E-state index contributed by atoms with van der Waals surface area (Å²) in [4.78, 5) is 4.40. The highest BCUT2D eigenvalue weighted by molar-refractivity contribution is 5.53. The van der Waals surface area contributed by atoms with Crippen molar-refractivity contribution in [2.75, 3.05) is 24.2 Å². The van der Waals surface area contributed by atoms with E-state index in [0.717, 1.165) is 24.2 Å². The van der Waals surface area contributed by atoms with Crippen LogP contribution in [0.3, 0.4) is 0 Å². The highest BCUT2D eigenvalue weighted by Crippen LogP contribution is 2.30. The third-order valence-electron chi connectivity index (χ3n) is 4.16. The average molecular weight is 277 g/mol. The molecule has 1 aliphatic rings. The summed E-state index contributed by atoms with van der Waals surface area (Å²) in [6, 6.07) is 3.77. The molecule has 3 N–H and O–H groups in total. The number of nitrogens with two attached hydrogens (primary N) is 1. The van der Waals surface area contributed by atoms with E-state index in [2.05, 4.69) is 17.2 Å². The van der Waals surface area contributed by atoms with Crippen molar-refractivity contribution in [1.82, 2.24) is 4.98 Å². The fourth-order valence-corrected chi connectivity index (χ4v) is 2.82. The second-order valence-electron chi connectivity index (χ2n) is 5.87. The first-order valence-electron chi connectivity index (χ1n) is 7.82. The Hall–Kier alpha value is -1.45. The zero-order valence-electron chi connectivity index (χ0n) is 12.7. The molecule has 1 aliphatic carbocycles. The van der Waals surface area contributed by atoms with Gasteiger partial charge < -0.3 is 15.8 Å². The predicted octanol–water partition coefficient (Wildman–Crippen LogP) is 3.69. The number of hydrogen-bond donors (Lipinski definition) is 2. The van der Waals surface area contributed by atoms with E-state index in [1.165, 1.54) is 32.1 Å². The number of hydrogen-bond acceptors (Lipinski definition) is 4. The van der Waals surface area contributed by atoms with Gasteiger partial charge in [-0.25, -0.2) is 0 Å². The number of pyridine rings is 1. The van der Waals surface area contributed by atoms with E-state index in [4.69, 9.17) is 10.5 Å². The fourth-order valence-electron chi connectivity index (χ4n) is 2.82. The number of ether oxygens (including phenoxy) is 1. The maximum Gasteiger partial charge on any atom is 0.239 e. The Kier molecular flexibility index (Phi) is 5.50. The molecule has 0 aromatic carbocycles. The molecule has 1 aromatic heterocycles. The minimum absolute atomic E-state index is 0.531. The van der Waals surface area contributed by atoms with Crippen molar-refractivity contribution < 1.29 is 4.74 Å². The van der Waals surface area contributed by atoms with Gasteiger partial charge in [0.2, 0.25) is 5.88 Å². The van der Waals surface area contributed by atoms with E-state index in [-0.39, 0.29) is 0 Å². The quantitative estimate of drug-likeness (QED) is 0.832. The summed E-state index contributed by atoms with van der Waals surface area (Å²) in [5.41, 5.74) is 6.41. The summed E-state index contributed by atoms with van der Waals surface area (Å²) in [5.74, 6) is 3.18. The monoisotopic (exact) mass is 277 g/mol. The molecule has 0 amide bonds. The topological polar surface area (TPSA) is 60.2 Å². The molecule has 0 unspecified atom stereocenters. The minimum Gasteiger partial charge on any atom is -0.476 e. The van der Waals surface area contributed by atoms with Gasteiger partial charge in [-0.1, -0.05) is 32.6 Å². The smallest absolute Gasteiger partial charge is 0.239 e. The van der Waals surface area contributed by atoms with E-state index < -0.39 is 0 Å². The zero-order valence-corrected chi connectivity index (χ0v) is 12.7. The molecule has 4 heteroatoms. The van der Waals surface area contributed by atoms with Crippen LogP contribution in [-0.4, -0.2) is 18.1 Å². The van der Waals surface area contributed by atoms with Gasteiger partial charge in [-0.05, 0) is 37.3 Å². The van der Waals surface area contributed by atoms with Crippen LogP contribution < -0.4 is 15.8 Å². The van der Waals surface area contributed by atoms with Crippen molar-refractivity contribution in [3.05, 3.63) is 12.1 Å². The van der Waals surface area contributed by atoms with Crippen LogP contribution >= 0.6 is 0 Å². The summed E-state index contributed by atoms with van der Waals surface area (Å²) < 4.78 is 5.41. The van der Waals surface area contributed by atoms with Crippen LogP contribution in [0.1, 0.15) is 46.0 Å². The molecule has 0 aliphatic heterocycles. The second-order valence-corrected chi connectivity index (χ2v) is 5.87. The lowest BCUT2D eigenvalue weighted by atomic mass is 9.81. The van der Waals surface area contributed by atoms with Gasteiger partial charge in [0.15, 0.2) is 0 Å². The van der Waals surface area contributed by atoms with Crippen LogP contribution in [0.4, 0.5) is 11.5 Å². The van der Waals surface area contributed by atoms with E-state index in [0.29, 0.717) is 18.2 Å². The van der Waals surface area contributed by atoms with Crippen LogP contribution in [0.25, 0.3) is 0 Å². The second kappa shape index (κ2) is 7.36. The van der Waals surface area contributed by atoms with Gasteiger partial charge in [0, 0.05) is 6.54 Å². The van der Waals surface area contributed by atoms with Crippen LogP contribution in [-0.2, 0) is 0 Å². The lowest BCUT2D eigenvalue weighted by molar-refractivity contribution is 0.282. The first-order valence-corrected chi connectivity index (χ1v) is 7.82. The van der Waals surface area contributed by atoms with Gasteiger partial charge in [-0.15, -0.1) is 0 Å². The molecule has 0 radical (unpaired) electrons. The van der Waals surface area contributed by atoms with E-state index >= 15 is 0 Å². The van der Waals surface area contributed by atoms with Crippen LogP contribution in [0.2, 0.25) is 0 Å². The zero-order chi connectivity index (χ0) is 14.4. The van der Waals surface area contributed by atoms with Gasteiger partial charge in [0.05, 0.1) is 12.3 Å². The van der Waals surface area contributed by atoms with Gasteiger partial charge in [-0.2, -0.15) is 4.98 Å². The van der Waals surface area contributed by atoms with Gasteiger partial charge in [0.1, 0.15) is 5.82 Å². The van der Waals surface area contributed by atoms with Gasteiger partial charge >= 0.3 is 0 Å². The Morgan fingerprint density at radius 1 is 1.30 bits per heavy atom. The first-order chi connectivity index (χ1) is 9.69. The molecule has 1 aromatic rings. The lowest BCUT2D eigenvalue weighted by Gasteiger charge is -2.26. The summed E-state index contributed by atoms with van der Waals surface area (Å²) in [6.45, 7) is 5.86. The SMILES string of the molecule is CCOc1nc(NCCC2CCC(C)CC2)ccc1N. The average Bonchev–Trinajstić information content (AvgIpc) is 2.45. The largest absolute Gasteiger partial charge is 0.476 e. The van der Waals surface area contributed by atoms with E-state index in [1.807, 2.05) is 19.1 Å². The summed E-state index contributed by atoms with van der Waals surface area (Å²) in [7, 11) is 0. The van der Waals surface area contributed by atoms with Crippen LogP contribution in [0, 0.1) is 11.8 Å². The van der Waals surface area contributed by atoms with E-state index in [9.17, 15) is 0 Å². The highest BCUT2D eigenvalue weighted by atomic mass is 16.5. The van der Waals surface area contributed by atoms with Crippen LogP contribution in [0.15, 0.2) is 12.1 Å². The van der Waals surface area contributed by atoms with Crippen LogP contribution in [0.5, 0.6) is 5.88 Å². The van der Waals surface area contributed by atoms with Crippen molar-refractivity contribution in [2.24, 2.45) is 11.8 Å². The number of aromatic nitrogens is 1. The third kappa shape index (κ3) is 4.29. The fraction of sp³-hybridized carbons (Fsp3) is 0.688. The molecule has 20 heavy (non-hydrogen) atoms. The predicted molar refractivity (Wildman–Crippen MR) is 84.0 cm³/mol. The van der Waals surface area contributed by atoms with Gasteiger partial charge in [0.25, 0.3) is 0 Å². The normalized spacial score (nSPS) is 22.5. The lowest BCUT2D eigenvalue weighted by Crippen LogP contribution is -2.16. The molecule has 4 nitrogen and oxygen atoms in total. The van der Waals surface area contributed by atoms with Crippen molar-refractivity contribution in [1.29, 1.82) is 0 Å². The summed E-state index contributed by atoms with van der Waals surface area (Å²) in [6.07, 6.45) is 6.76.